The zero-order valence-electron chi connectivity index (χ0n) is 20.2. The summed E-state index contributed by atoms with van der Waals surface area (Å²) >= 11 is 0. The summed E-state index contributed by atoms with van der Waals surface area (Å²) in [5.41, 5.74) is 3.44. The Morgan fingerprint density at radius 1 is 0.857 bits per heavy atom. The number of tetrazole rings is 1. The van der Waals surface area contributed by atoms with E-state index in [2.05, 4.69) is 78.8 Å². The molecule has 1 saturated carbocycles. The van der Waals surface area contributed by atoms with Gasteiger partial charge in [0.05, 0.1) is 18.1 Å². The minimum atomic E-state index is 0.00632. The Balaban J connectivity index is 1.31. The van der Waals surface area contributed by atoms with Gasteiger partial charge in [0.2, 0.25) is 0 Å². The maximum absolute atomic E-state index is 4.58. The lowest BCUT2D eigenvalue weighted by atomic mass is 9.93. The fraction of sp³-hybridized carbons (Fsp3) is 0.429. The molecule has 0 N–H and O–H groups in total. The zero-order chi connectivity index (χ0) is 23.5. The summed E-state index contributed by atoms with van der Waals surface area (Å²) in [6.07, 6.45) is 8.73. The number of piperazine rings is 1. The lowest BCUT2D eigenvalue weighted by Crippen LogP contribution is -2.52. The average Bonchev–Trinajstić information content (AvgIpc) is 3.37. The fourth-order valence-electron chi connectivity index (χ4n) is 5.87. The number of aromatic nitrogens is 5. The molecule has 2 aromatic heterocycles. The molecule has 35 heavy (non-hydrogen) atoms. The molecule has 2 fully saturated rings. The zero-order valence-corrected chi connectivity index (χ0v) is 20.2. The van der Waals surface area contributed by atoms with Crippen LogP contribution in [-0.2, 0) is 6.54 Å². The van der Waals surface area contributed by atoms with E-state index in [9.17, 15) is 0 Å². The van der Waals surface area contributed by atoms with Crippen molar-refractivity contribution in [1.29, 1.82) is 0 Å². The summed E-state index contributed by atoms with van der Waals surface area (Å²) in [5, 5.41) is 14.3. The van der Waals surface area contributed by atoms with Gasteiger partial charge in [-0.1, -0.05) is 61.7 Å². The maximum Gasteiger partial charge on any atom is 0.173 e. The monoisotopic (exact) mass is 467 g/mol. The smallest absolute Gasteiger partial charge is 0.173 e. The molecule has 0 amide bonds. The molecule has 0 radical (unpaired) electrons. The molecule has 7 nitrogen and oxygen atoms in total. The van der Waals surface area contributed by atoms with Gasteiger partial charge in [0.1, 0.15) is 0 Å². The van der Waals surface area contributed by atoms with E-state index < -0.39 is 0 Å². The molecule has 2 aromatic carbocycles. The van der Waals surface area contributed by atoms with Crippen LogP contribution in [0.25, 0.3) is 10.9 Å². The van der Waals surface area contributed by atoms with Gasteiger partial charge in [0.25, 0.3) is 0 Å². The lowest BCUT2D eigenvalue weighted by Gasteiger charge is -2.43. The highest BCUT2D eigenvalue weighted by molar-refractivity contribution is 5.79. The Labute approximate surface area is 206 Å². The van der Waals surface area contributed by atoms with E-state index in [1.54, 1.807) is 0 Å². The first kappa shape index (κ1) is 22.3. The Kier molecular flexibility index (Phi) is 6.51. The second kappa shape index (κ2) is 10.2. The third kappa shape index (κ3) is 4.83. The topological polar surface area (TPSA) is 63.0 Å². The van der Waals surface area contributed by atoms with Gasteiger partial charge < -0.3 is 0 Å². The quantitative estimate of drug-likeness (QED) is 0.421. The molecule has 0 spiro atoms. The van der Waals surface area contributed by atoms with Crippen molar-refractivity contribution >= 4 is 10.9 Å². The molecule has 0 unspecified atom stereocenters. The Morgan fingerprint density at radius 3 is 2.51 bits per heavy atom. The van der Waals surface area contributed by atoms with Crippen molar-refractivity contribution < 1.29 is 0 Å². The standard InChI is InChI=1S/C28H33N7/c1-3-8-22(9-4-1)21-35-28(30-31-32-35)27(24-13-14-26-23(20-24)10-7-15-29-26)34-18-16-33(17-19-34)25-11-5-2-6-12-25/h1,3-4,7-10,13-15,20,25,27H,2,5-6,11-12,16-19,21H2/t27-/m0/s1. The van der Waals surface area contributed by atoms with Crippen molar-refractivity contribution in [2.24, 2.45) is 0 Å². The molecule has 0 bridgehead atoms. The summed E-state index contributed by atoms with van der Waals surface area (Å²) < 4.78 is 1.97. The second-order valence-corrected chi connectivity index (χ2v) is 9.90. The van der Waals surface area contributed by atoms with Gasteiger partial charge in [-0.3, -0.25) is 14.8 Å². The van der Waals surface area contributed by atoms with Crippen LogP contribution < -0.4 is 0 Å². The van der Waals surface area contributed by atoms with Gasteiger partial charge in [-0.25, -0.2) is 4.68 Å². The number of fused-ring (bicyclic) bond motifs is 1. The molecule has 6 rings (SSSR count). The molecule has 1 atom stereocenters. The van der Waals surface area contributed by atoms with Crippen molar-refractivity contribution in [3.63, 3.8) is 0 Å². The van der Waals surface area contributed by atoms with Crippen LogP contribution in [0.1, 0.15) is 55.1 Å². The summed E-state index contributed by atoms with van der Waals surface area (Å²) in [5.74, 6) is 0.906. The van der Waals surface area contributed by atoms with Gasteiger partial charge in [0.15, 0.2) is 5.82 Å². The minimum Gasteiger partial charge on any atom is -0.298 e. The van der Waals surface area contributed by atoms with E-state index in [4.69, 9.17) is 0 Å². The maximum atomic E-state index is 4.58. The van der Waals surface area contributed by atoms with Crippen LogP contribution in [0.4, 0.5) is 0 Å². The van der Waals surface area contributed by atoms with Crippen LogP contribution in [0.3, 0.4) is 0 Å². The first-order chi connectivity index (χ1) is 17.3. The number of nitrogens with zero attached hydrogens (tertiary/aromatic N) is 7. The summed E-state index contributed by atoms with van der Waals surface area (Å²) in [6, 6.07) is 21.9. The van der Waals surface area contributed by atoms with Crippen molar-refractivity contribution in [2.45, 2.75) is 50.7 Å². The molecule has 7 heteroatoms. The molecule has 180 valence electrons. The predicted octanol–water partition coefficient (Wildman–Crippen LogP) is 4.31. The van der Waals surface area contributed by atoms with Gasteiger partial charge in [-0.15, -0.1) is 5.10 Å². The molecular weight excluding hydrogens is 434 g/mol. The minimum absolute atomic E-state index is 0.00632. The van der Waals surface area contributed by atoms with Gasteiger partial charge >= 0.3 is 0 Å². The third-order valence-electron chi connectivity index (χ3n) is 7.73. The molecule has 3 heterocycles. The first-order valence-corrected chi connectivity index (χ1v) is 13.0. The highest BCUT2D eigenvalue weighted by Gasteiger charge is 2.33. The van der Waals surface area contributed by atoms with Gasteiger partial charge in [-0.2, -0.15) is 0 Å². The molecule has 1 aliphatic heterocycles. The lowest BCUT2D eigenvalue weighted by molar-refractivity contribution is 0.0621. The van der Waals surface area contributed by atoms with E-state index in [1.165, 1.54) is 43.2 Å². The summed E-state index contributed by atoms with van der Waals surface area (Å²) in [4.78, 5) is 9.83. The van der Waals surface area contributed by atoms with E-state index in [1.807, 2.05) is 23.0 Å². The molecule has 4 aromatic rings. The van der Waals surface area contributed by atoms with Gasteiger partial charge in [0, 0.05) is 43.8 Å². The first-order valence-electron chi connectivity index (χ1n) is 13.0. The fourth-order valence-corrected chi connectivity index (χ4v) is 5.87. The van der Waals surface area contributed by atoms with Crippen molar-refractivity contribution in [3.8, 4) is 0 Å². The summed E-state index contributed by atoms with van der Waals surface area (Å²) in [7, 11) is 0. The number of benzene rings is 2. The molecule has 2 aliphatic rings. The number of hydrogen-bond acceptors (Lipinski definition) is 6. The largest absolute Gasteiger partial charge is 0.298 e. The van der Waals surface area contributed by atoms with Crippen molar-refractivity contribution in [3.05, 3.63) is 83.8 Å². The average molecular weight is 468 g/mol. The van der Waals surface area contributed by atoms with E-state index >= 15 is 0 Å². The van der Waals surface area contributed by atoms with Crippen LogP contribution in [0.5, 0.6) is 0 Å². The van der Waals surface area contributed by atoms with E-state index in [0.29, 0.717) is 6.54 Å². The Morgan fingerprint density at radius 2 is 1.69 bits per heavy atom. The Hall–Kier alpha value is -3.16. The normalized spacial score (nSPS) is 19.2. The van der Waals surface area contributed by atoms with Crippen LogP contribution in [-0.4, -0.2) is 67.2 Å². The SMILES string of the molecule is c1ccc(Cn2nnnc2[C@H](c2ccc3ncccc3c2)N2CCN(C3CCCCC3)CC2)cc1. The van der Waals surface area contributed by atoms with Crippen LogP contribution >= 0.6 is 0 Å². The van der Waals surface area contributed by atoms with Crippen LogP contribution in [0.2, 0.25) is 0 Å². The highest BCUT2D eigenvalue weighted by Crippen LogP contribution is 2.32. The Bertz CT molecular complexity index is 1240. The van der Waals surface area contributed by atoms with Gasteiger partial charge in [-0.05, 0) is 52.6 Å². The third-order valence-corrected chi connectivity index (χ3v) is 7.73. The molecular formula is C28H33N7. The molecule has 1 aliphatic carbocycles. The van der Waals surface area contributed by atoms with Crippen LogP contribution in [0, 0.1) is 0 Å². The predicted molar refractivity (Wildman–Crippen MR) is 137 cm³/mol. The van der Waals surface area contributed by atoms with E-state index in [0.717, 1.165) is 48.9 Å². The number of pyridine rings is 1. The summed E-state index contributed by atoms with van der Waals surface area (Å²) in [6.45, 7) is 4.92. The highest BCUT2D eigenvalue weighted by atomic mass is 15.6. The van der Waals surface area contributed by atoms with E-state index in [-0.39, 0.29) is 6.04 Å². The number of rotatable bonds is 6. The van der Waals surface area contributed by atoms with Crippen molar-refractivity contribution in [2.75, 3.05) is 26.2 Å². The number of hydrogen-bond donors (Lipinski definition) is 0. The van der Waals surface area contributed by atoms with Crippen LogP contribution in [0.15, 0.2) is 66.9 Å². The second-order valence-electron chi connectivity index (χ2n) is 9.90. The molecule has 1 saturated heterocycles. The van der Waals surface area contributed by atoms with Crippen molar-refractivity contribution in [1.82, 2.24) is 35.0 Å².